The molecule has 0 fully saturated rings. The van der Waals surface area contributed by atoms with Gasteiger partial charge in [-0.25, -0.2) is 0 Å². The molecule has 0 aliphatic rings. The Morgan fingerprint density at radius 1 is 1.15 bits per heavy atom. The summed E-state index contributed by atoms with van der Waals surface area (Å²) < 4.78 is 0. The largest absolute Gasteiger partial charge is 0.634 e. The molecule has 0 bridgehead atoms. The van der Waals surface area contributed by atoms with E-state index in [1.807, 2.05) is 0 Å². The second-order valence-electron chi connectivity index (χ2n) is 2.89. The fourth-order valence-electron chi connectivity index (χ4n) is 0.823. The molecular formula is C8H13NO3Y-2. The predicted molar refractivity (Wildman–Crippen MR) is 43.5 cm³/mol. The van der Waals surface area contributed by atoms with Gasteiger partial charge in [-0.3, -0.25) is 0 Å². The Morgan fingerprint density at radius 3 is 1.77 bits per heavy atom. The van der Waals surface area contributed by atoms with Gasteiger partial charge in [0.25, 0.3) is 0 Å². The second kappa shape index (κ2) is 7.59. The van der Waals surface area contributed by atoms with Crippen molar-refractivity contribution in [2.45, 2.75) is 32.9 Å². The van der Waals surface area contributed by atoms with E-state index >= 15 is 0 Å². The molecular weight excluding hydrogens is 247 g/mol. The molecule has 0 rings (SSSR count). The molecule has 0 saturated carbocycles. The molecule has 0 saturated heterocycles. The quantitative estimate of drug-likeness (QED) is 0.551. The van der Waals surface area contributed by atoms with Crippen LogP contribution in [0.2, 0.25) is 0 Å². The Hall–Kier alpha value is 0.204. The smallest absolute Gasteiger partial charge is 0.0555 e. The minimum atomic E-state index is -0.566. The molecule has 0 aliphatic heterocycles. The molecule has 0 aromatic heterocycles. The van der Waals surface area contributed by atoms with Crippen molar-refractivity contribution in [2.75, 3.05) is 0 Å². The van der Waals surface area contributed by atoms with Gasteiger partial charge in [0.1, 0.15) is 0 Å². The molecule has 73 valence electrons. The van der Waals surface area contributed by atoms with Crippen LogP contribution in [0.4, 0.5) is 0 Å². The van der Waals surface area contributed by atoms with Gasteiger partial charge in [0.2, 0.25) is 0 Å². The summed E-state index contributed by atoms with van der Waals surface area (Å²) in [5, 5.41) is 9.14. The fourth-order valence-corrected chi connectivity index (χ4v) is 0.823. The van der Waals surface area contributed by atoms with Gasteiger partial charge in [0.05, 0.1) is 6.10 Å². The maximum absolute atomic E-state index is 10.2. The average Bonchev–Trinajstić information content (AvgIpc) is 2.05. The van der Waals surface area contributed by atoms with Gasteiger partial charge >= 0.3 is 0 Å². The zero-order chi connectivity index (χ0) is 9.72. The van der Waals surface area contributed by atoms with Crippen molar-refractivity contribution in [3.05, 3.63) is 0 Å². The standard InChI is InChI=1S/C8H13NO3.Y/c1-6(8(3)12)7(2)9(4-10)5-11;/h6-8,12H,1-3H3;/q-2;. The van der Waals surface area contributed by atoms with Crippen molar-refractivity contribution < 1.29 is 47.4 Å². The first-order valence-corrected chi connectivity index (χ1v) is 3.77. The van der Waals surface area contributed by atoms with Crippen molar-refractivity contribution in [1.29, 1.82) is 0 Å². The van der Waals surface area contributed by atoms with E-state index in [9.17, 15) is 9.59 Å². The Balaban J connectivity index is 0. The maximum Gasteiger partial charge on any atom is 0.0555 e. The second-order valence-corrected chi connectivity index (χ2v) is 2.89. The number of hydrogen-bond donors (Lipinski definition) is 1. The van der Waals surface area contributed by atoms with E-state index < -0.39 is 6.10 Å². The average molecular weight is 260 g/mol. The van der Waals surface area contributed by atoms with E-state index in [-0.39, 0.29) is 44.7 Å². The Morgan fingerprint density at radius 2 is 1.54 bits per heavy atom. The third kappa shape index (κ3) is 4.84. The van der Waals surface area contributed by atoms with E-state index in [4.69, 9.17) is 5.11 Å². The molecule has 0 aromatic carbocycles. The van der Waals surface area contributed by atoms with Gasteiger partial charge < -0.3 is 19.6 Å². The van der Waals surface area contributed by atoms with Crippen LogP contribution in [0.5, 0.6) is 0 Å². The molecule has 0 heterocycles. The van der Waals surface area contributed by atoms with E-state index in [1.165, 1.54) is 12.8 Å². The van der Waals surface area contributed by atoms with Gasteiger partial charge in [-0.05, 0) is 25.8 Å². The molecule has 0 spiro atoms. The van der Waals surface area contributed by atoms with Crippen molar-refractivity contribution >= 4 is 12.8 Å². The number of aliphatic hydroxyl groups is 1. The van der Waals surface area contributed by atoms with Gasteiger partial charge in [-0.15, -0.1) is 0 Å². The van der Waals surface area contributed by atoms with Crippen LogP contribution in [0.3, 0.4) is 0 Å². The number of rotatable bonds is 5. The van der Waals surface area contributed by atoms with Gasteiger partial charge in [0, 0.05) is 32.7 Å². The van der Waals surface area contributed by atoms with Crippen LogP contribution in [0.1, 0.15) is 20.8 Å². The molecule has 4 nitrogen and oxygen atoms in total. The Labute approximate surface area is 104 Å². The van der Waals surface area contributed by atoms with Crippen LogP contribution in [0.25, 0.3) is 0 Å². The molecule has 0 aromatic rings. The summed E-state index contributed by atoms with van der Waals surface area (Å²) in [4.78, 5) is 21.1. The molecule has 0 aliphatic carbocycles. The van der Waals surface area contributed by atoms with E-state index in [2.05, 4.69) is 0 Å². The Bertz CT molecular complexity index is 155. The van der Waals surface area contributed by atoms with Crippen LogP contribution >= 0.6 is 0 Å². The normalized spacial score (nSPS) is 16.3. The summed E-state index contributed by atoms with van der Waals surface area (Å²) in [6, 6.07) is -0.375. The summed E-state index contributed by atoms with van der Waals surface area (Å²) in [6.07, 6.45) is 2.31. The van der Waals surface area contributed by atoms with Crippen LogP contribution in [0, 0.1) is 5.92 Å². The van der Waals surface area contributed by atoms with Gasteiger partial charge in [-0.2, -0.15) is 12.8 Å². The van der Waals surface area contributed by atoms with E-state index in [0.717, 1.165) is 4.90 Å². The van der Waals surface area contributed by atoms with Crippen molar-refractivity contribution in [2.24, 2.45) is 5.92 Å². The zero-order valence-electron chi connectivity index (χ0n) is 8.02. The summed E-state index contributed by atoms with van der Waals surface area (Å²) >= 11 is 0. The number of aliphatic hydroxyl groups excluding tert-OH is 1. The number of carbonyl (C=O) groups excluding carboxylic acids is 2. The molecule has 5 heteroatoms. The summed E-state index contributed by atoms with van der Waals surface area (Å²) in [7, 11) is 0. The summed E-state index contributed by atoms with van der Waals surface area (Å²) in [6.45, 7) is 5.01. The van der Waals surface area contributed by atoms with Crippen LogP contribution in [-0.2, 0) is 42.3 Å². The van der Waals surface area contributed by atoms with E-state index in [0.29, 0.717) is 0 Å². The number of hydrogen-bond acceptors (Lipinski definition) is 3. The third-order valence-electron chi connectivity index (χ3n) is 2.13. The van der Waals surface area contributed by atoms with Gasteiger partial charge in [0.15, 0.2) is 0 Å². The maximum atomic E-state index is 10.2. The molecule has 2 amide bonds. The predicted octanol–water partition coefficient (Wildman–Crippen LogP) is -0.174. The summed E-state index contributed by atoms with van der Waals surface area (Å²) in [5.41, 5.74) is 0. The molecule has 3 atom stereocenters. The first-order valence-electron chi connectivity index (χ1n) is 3.77. The summed E-state index contributed by atoms with van der Waals surface area (Å²) in [5.74, 6) is -0.173. The van der Waals surface area contributed by atoms with Gasteiger partial charge in [-0.1, -0.05) is 6.92 Å². The fraction of sp³-hybridized carbons (Fsp3) is 0.750. The third-order valence-corrected chi connectivity index (χ3v) is 2.13. The molecule has 13 heavy (non-hydrogen) atoms. The number of nitrogens with zero attached hydrogens (tertiary/aromatic N) is 1. The van der Waals surface area contributed by atoms with Crippen LogP contribution < -0.4 is 0 Å². The molecule has 1 radical (unpaired) electrons. The van der Waals surface area contributed by atoms with E-state index in [1.54, 1.807) is 20.8 Å². The molecule has 1 N–H and O–H groups in total. The monoisotopic (exact) mass is 260 g/mol. The number of imide groups is 1. The zero-order valence-corrected chi connectivity index (χ0v) is 10.9. The first-order chi connectivity index (χ1) is 5.54. The van der Waals surface area contributed by atoms with Crippen molar-refractivity contribution in [3.63, 3.8) is 0 Å². The van der Waals surface area contributed by atoms with Crippen molar-refractivity contribution in [1.82, 2.24) is 4.90 Å². The number of amides is 2. The van der Waals surface area contributed by atoms with Crippen LogP contribution in [0.15, 0.2) is 0 Å². The van der Waals surface area contributed by atoms with Crippen molar-refractivity contribution in [3.8, 4) is 0 Å². The Kier molecular flexibility index (Phi) is 9.15. The molecule has 3 unspecified atom stereocenters. The topological polar surface area (TPSA) is 57.6 Å². The minimum Gasteiger partial charge on any atom is -0.634 e. The SMILES string of the molecule is CC(O)C(C)C(C)N([C-]=O)[C-]=O.[Y]. The van der Waals surface area contributed by atoms with Crippen LogP contribution in [-0.4, -0.2) is 35.0 Å². The first kappa shape index (κ1) is 15.7. The minimum absolute atomic E-state index is 0.